The molecule has 0 bridgehead atoms. The van der Waals surface area contributed by atoms with Crippen molar-refractivity contribution < 1.29 is 9.59 Å². The van der Waals surface area contributed by atoms with E-state index < -0.39 is 0 Å². The van der Waals surface area contributed by atoms with Crippen LogP contribution in [-0.4, -0.2) is 47.4 Å². The van der Waals surface area contributed by atoms with Crippen LogP contribution in [0.4, 0.5) is 11.5 Å². The fourth-order valence-corrected chi connectivity index (χ4v) is 3.97. The zero-order valence-corrected chi connectivity index (χ0v) is 18.4. The Morgan fingerprint density at radius 1 is 1.20 bits per heavy atom. The summed E-state index contributed by atoms with van der Waals surface area (Å²) in [6.07, 6.45) is 3.33. The second kappa shape index (κ2) is 9.74. The van der Waals surface area contributed by atoms with Gasteiger partial charge in [-0.25, -0.2) is 4.98 Å². The molecule has 1 aliphatic heterocycles. The highest BCUT2D eigenvalue weighted by Crippen LogP contribution is 2.22. The SMILES string of the molecule is CCN(c1ccc(C(=O)N2CCCC(C(=O)Nc3ccc(C)cn3)C2)cc1)C(C)C. The Labute approximate surface area is 179 Å². The number of nitrogens with zero attached hydrogens (tertiary/aromatic N) is 3. The normalized spacial score (nSPS) is 16.4. The number of piperidine rings is 1. The van der Waals surface area contributed by atoms with Crippen molar-refractivity contribution in [2.24, 2.45) is 5.92 Å². The summed E-state index contributed by atoms with van der Waals surface area (Å²) in [6.45, 7) is 10.4. The molecule has 6 heteroatoms. The van der Waals surface area contributed by atoms with Gasteiger partial charge in [0.05, 0.1) is 5.92 Å². The van der Waals surface area contributed by atoms with E-state index >= 15 is 0 Å². The van der Waals surface area contributed by atoms with Gasteiger partial charge < -0.3 is 15.1 Å². The fourth-order valence-electron chi connectivity index (χ4n) is 3.97. The van der Waals surface area contributed by atoms with Crippen molar-refractivity contribution >= 4 is 23.3 Å². The second-order valence-electron chi connectivity index (χ2n) is 8.23. The third kappa shape index (κ3) is 5.17. The van der Waals surface area contributed by atoms with Gasteiger partial charge in [0, 0.05) is 43.1 Å². The Balaban J connectivity index is 1.63. The Hall–Kier alpha value is -2.89. The van der Waals surface area contributed by atoms with Gasteiger partial charge in [-0.1, -0.05) is 6.07 Å². The molecule has 0 aliphatic carbocycles. The molecule has 160 valence electrons. The Bertz CT molecular complexity index is 862. The van der Waals surface area contributed by atoms with Crippen molar-refractivity contribution in [1.82, 2.24) is 9.88 Å². The summed E-state index contributed by atoms with van der Waals surface area (Å²) in [6, 6.07) is 11.9. The van der Waals surface area contributed by atoms with Crippen molar-refractivity contribution in [1.29, 1.82) is 0 Å². The van der Waals surface area contributed by atoms with Crippen molar-refractivity contribution in [3.63, 3.8) is 0 Å². The first kappa shape index (κ1) is 21.8. The summed E-state index contributed by atoms with van der Waals surface area (Å²) in [7, 11) is 0. The van der Waals surface area contributed by atoms with Crippen LogP contribution < -0.4 is 10.2 Å². The van der Waals surface area contributed by atoms with Crippen LogP contribution in [0.1, 0.15) is 49.5 Å². The number of amides is 2. The number of pyridine rings is 1. The first-order chi connectivity index (χ1) is 14.4. The van der Waals surface area contributed by atoms with E-state index in [4.69, 9.17) is 0 Å². The standard InChI is InChI=1S/C24H32N4O2/c1-5-28(17(2)3)21-11-9-19(10-12-21)24(30)27-14-6-7-20(16-27)23(29)26-22-13-8-18(4)15-25-22/h8-13,15,17,20H,5-7,14,16H2,1-4H3,(H,25,26,29). The number of aromatic nitrogens is 1. The largest absolute Gasteiger partial charge is 0.369 e. The van der Waals surface area contributed by atoms with E-state index in [1.807, 2.05) is 37.3 Å². The smallest absolute Gasteiger partial charge is 0.253 e. The minimum Gasteiger partial charge on any atom is -0.369 e. The number of carbonyl (C=O) groups is 2. The Kier molecular flexibility index (Phi) is 7.08. The van der Waals surface area contributed by atoms with Gasteiger partial charge in [-0.15, -0.1) is 0 Å². The summed E-state index contributed by atoms with van der Waals surface area (Å²) >= 11 is 0. The number of anilines is 2. The molecule has 0 radical (unpaired) electrons. The molecule has 1 aliphatic rings. The first-order valence-electron chi connectivity index (χ1n) is 10.8. The molecule has 1 fully saturated rings. The molecule has 6 nitrogen and oxygen atoms in total. The third-order valence-electron chi connectivity index (χ3n) is 5.65. The number of nitrogens with one attached hydrogen (secondary N) is 1. The number of hydrogen-bond acceptors (Lipinski definition) is 4. The van der Waals surface area contributed by atoms with E-state index in [1.165, 1.54) is 0 Å². The Morgan fingerprint density at radius 3 is 2.53 bits per heavy atom. The van der Waals surface area contributed by atoms with Crippen LogP contribution in [0, 0.1) is 12.8 Å². The van der Waals surface area contributed by atoms with Crippen LogP contribution >= 0.6 is 0 Å². The van der Waals surface area contributed by atoms with Crippen molar-refractivity contribution in [3.8, 4) is 0 Å². The molecule has 30 heavy (non-hydrogen) atoms. The molecule has 2 heterocycles. The molecule has 1 aromatic heterocycles. The highest BCUT2D eigenvalue weighted by atomic mass is 16.2. The van der Waals surface area contributed by atoms with Gasteiger partial charge in [0.25, 0.3) is 5.91 Å². The molecular formula is C24H32N4O2. The van der Waals surface area contributed by atoms with Gasteiger partial charge >= 0.3 is 0 Å². The number of hydrogen-bond donors (Lipinski definition) is 1. The van der Waals surface area contributed by atoms with E-state index in [0.717, 1.165) is 30.6 Å². The Morgan fingerprint density at radius 2 is 1.93 bits per heavy atom. The molecule has 2 aromatic rings. The van der Waals surface area contributed by atoms with E-state index in [1.54, 1.807) is 17.2 Å². The van der Waals surface area contributed by atoms with Crippen molar-refractivity contribution in [3.05, 3.63) is 53.7 Å². The fraction of sp³-hybridized carbons (Fsp3) is 0.458. The van der Waals surface area contributed by atoms with E-state index in [-0.39, 0.29) is 17.7 Å². The molecule has 1 aromatic carbocycles. The van der Waals surface area contributed by atoms with Crippen molar-refractivity contribution in [2.75, 3.05) is 29.9 Å². The maximum absolute atomic E-state index is 13.0. The highest BCUT2D eigenvalue weighted by molar-refractivity contribution is 5.96. The van der Waals surface area contributed by atoms with Gasteiger partial charge in [0.1, 0.15) is 5.82 Å². The lowest BCUT2D eigenvalue weighted by Gasteiger charge is -2.32. The molecular weight excluding hydrogens is 376 g/mol. The van der Waals surface area contributed by atoms with E-state index in [2.05, 4.69) is 36.0 Å². The number of benzene rings is 1. The zero-order chi connectivity index (χ0) is 21.7. The zero-order valence-electron chi connectivity index (χ0n) is 18.4. The number of carbonyl (C=O) groups excluding carboxylic acids is 2. The second-order valence-corrected chi connectivity index (χ2v) is 8.23. The van der Waals surface area contributed by atoms with Crippen LogP contribution in [-0.2, 0) is 4.79 Å². The van der Waals surface area contributed by atoms with E-state index in [9.17, 15) is 9.59 Å². The predicted molar refractivity (Wildman–Crippen MR) is 121 cm³/mol. The molecule has 1 N–H and O–H groups in total. The van der Waals surface area contributed by atoms with Gasteiger partial charge in [0.15, 0.2) is 0 Å². The lowest BCUT2D eigenvalue weighted by molar-refractivity contribution is -0.121. The average molecular weight is 409 g/mol. The maximum atomic E-state index is 13.0. The first-order valence-corrected chi connectivity index (χ1v) is 10.8. The lowest BCUT2D eigenvalue weighted by atomic mass is 9.96. The summed E-state index contributed by atoms with van der Waals surface area (Å²) in [5.41, 5.74) is 2.83. The summed E-state index contributed by atoms with van der Waals surface area (Å²) < 4.78 is 0. The molecule has 0 spiro atoms. The number of aryl methyl sites for hydroxylation is 1. The highest BCUT2D eigenvalue weighted by Gasteiger charge is 2.29. The van der Waals surface area contributed by atoms with Crippen LogP contribution in [0.15, 0.2) is 42.6 Å². The molecule has 2 amide bonds. The van der Waals surface area contributed by atoms with Crippen LogP contribution in [0.3, 0.4) is 0 Å². The quantitative estimate of drug-likeness (QED) is 0.781. The predicted octanol–water partition coefficient (Wildman–Crippen LogP) is 4.12. The summed E-state index contributed by atoms with van der Waals surface area (Å²) in [5.74, 6) is 0.242. The van der Waals surface area contributed by atoms with Gasteiger partial charge in [-0.3, -0.25) is 9.59 Å². The summed E-state index contributed by atoms with van der Waals surface area (Å²) in [4.78, 5) is 34.0. The van der Waals surface area contributed by atoms with Gasteiger partial charge in [0.2, 0.25) is 5.91 Å². The maximum Gasteiger partial charge on any atom is 0.253 e. The monoisotopic (exact) mass is 408 g/mol. The molecule has 1 unspecified atom stereocenters. The minimum atomic E-state index is -0.221. The number of rotatable bonds is 6. The third-order valence-corrected chi connectivity index (χ3v) is 5.65. The summed E-state index contributed by atoms with van der Waals surface area (Å²) in [5, 5.41) is 2.88. The van der Waals surface area contributed by atoms with Crippen LogP contribution in [0.5, 0.6) is 0 Å². The molecule has 1 saturated heterocycles. The average Bonchev–Trinajstić information content (AvgIpc) is 2.75. The lowest BCUT2D eigenvalue weighted by Crippen LogP contribution is -2.43. The van der Waals surface area contributed by atoms with Gasteiger partial charge in [-0.2, -0.15) is 0 Å². The van der Waals surface area contributed by atoms with E-state index in [0.29, 0.717) is 30.5 Å². The topological polar surface area (TPSA) is 65.5 Å². The minimum absolute atomic E-state index is 0.0138. The van der Waals surface area contributed by atoms with Crippen LogP contribution in [0.2, 0.25) is 0 Å². The van der Waals surface area contributed by atoms with Crippen LogP contribution in [0.25, 0.3) is 0 Å². The van der Waals surface area contributed by atoms with Gasteiger partial charge in [-0.05, 0) is 76.4 Å². The van der Waals surface area contributed by atoms with Crippen molar-refractivity contribution in [2.45, 2.75) is 46.6 Å². The molecule has 1 atom stereocenters. The number of likely N-dealkylation sites (tertiary alicyclic amines) is 1. The molecule has 0 saturated carbocycles. The molecule has 3 rings (SSSR count).